The SMILES string of the molecule is CC(C)[C@H]1COC(=O)N1c1ccnc(N[C@H](C)c2cccc(Br)c2)n1. The average molecular weight is 405 g/mol. The summed E-state index contributed by atoms with van der Waals surface area (Å²) in [5.74, 6) is 1.31. The van der Waals surface area contributed by atoms with Crippen LogP contribution in [0.2, 0.25) is 0 Å². The van der Waals surface area contributed by atoms with E-state index in [1.807, 2.05) is 31.2 Å². The lowest BCUT2D eigenvalue weighted by Gasteiger charge is -2.23. The van der Waals surface area contributed by atoms with Gasteiger partial charge in [-0.15, -0.1) is 0 Å². The lowest BCUT2D eigenvalue weighted by Crippen LogP contribution is -2.37. The van der Waals surface area contributed by atoms with E-state index in [0.717, 1.165) is 10.0 Å². The van der Waals surface area contributed by atoms with Crippen molar-refractivity contribution in [1.29, 1.82) is 0 Å². The molecule has 1 aliphatic rings. The van der Waals surface area contributed by atoms with Gasteiger partial charge in [0, 0.05) is 10.7 Å². The predicted octanol–water partition coefficient (Wildman–Crippen LogP) is 4.39. The first-order chi connectivity index (χ1) is 12.0. The monoisotopic (exact) mass is 404 g/mol. The van der Waals surface area contributed by atoms with Crippen LogP contribution >= 0.6 is 15.9 Å². The zero-order chi connectivity index (χ0) is 18.0. The number of carbonyl (C=O) groups excluding carboxylic acids is 1. The van der Waals surface area contributed by atoms with Crippen LogP contribution < -0.4 is 10.2 Å². The minimum Gasteiger partial charge on any atom is -0.447 e. The molecule has 2 atom stereocenters. The third-order valence-electron chi connectivity index (χ3n) is 4.26. The summed E-state index contributed by atoms with van der Waals surface area (Å²) >= 11 is 3.48. The Morgan fingerprint density at radius 2 is 2.12 bits per heavy atom. The second kappa shape index (κ2) is 7.39. The average Bonchev–Trinajstić information content (AvgIpc) is 2.97. The molecule has 1 N–H and O–H groups in total. The molecule has 0 bridgehead atoms. The first-order valence-electron chi connectivity index (χ1n) is 8.26. The Kier molecular flexibility index (Phi) is 5.22. The van der Waals surface area contributed by atoms with Crippen molar-refractivity contribution < 1.29 is 9.53 Å². The summed E-state index contributed by atoms with van der Waals surface area (Å²) in [6, 6.07) is 9.81. The molecule has 0 spiro atoms. The van der Waals surface area contributed by atoms with E-state index >= 15 is 0 Å². The number of anilines is 2. The summed E-state index contributed by atoms with van der Waals surface area (Å²) in [6.07, 6.45) is 1.30. The highest BCUT2D eigenvalue weighted by Crippen LogP contribution is 2.27. The predicted molar refractivity (Wildman–Crippen MR) is 101 cm³/mol. The highest BCUT2D eigenvalue weighted by molar-refractivity contribution is 9.10. The van der Waals surface area contributed by atoms with Gasteiger partial charge in [-0.2, -0.15) is 4.98 Å². The number of cyclic esters (lactones) is 1. The number of aromatic nitrogens is 2. The first-order valence-corrected chi connectivity index (χ1v) is 9.06. The number of rotatable bonds is 5. The van der Waals surface area contributed by atoms with E-state index < -0.39 is 0 Å². The molecule has 7 heteroatoms. The molecule has 1 aliphatic heterocycles. The van der Waals surface area contributed by atoms with E-state index in [2.05, 4.69) is 45.1 Å². The van der Waals surface area contributed by atoms with E-state index in [4.69, 9.17) is 4.74 Å². The third kappa shape index (κ3) is 3.92. The molecule has 3 rings (SSSR count). The van der Waals surface area contributed by atoms with Gasteiger partial charge in [0.2, 0.25) is 5.95 Å². The van der Waals surface area contributed by atoms with E-state index in [-0.39, 0.29) is 24.1 Å². The fourth-order valence-electron chi connectivity index (χ4n) is 2.80. The van der Waals surface area contributed by atoms with Gasteiger partial charge in [-0.25, -0.2) is 9.78 Å². The van der Waals surface area contributed by atoms with E-state index in [9.17, 15) is 4.79 Å². The molecular formula is C18H21BrN4O2. The normalized spacial score (nSPS) is 18.4. The van der Waals surface area contributed by atoms with Crippen molar-refractivity contribution in [2.45, 2.75) is 32.9 Å². The number of halogens is 1. The van der Waals surface area contributed by atoms with Crippen LogP contribution in [0.25, 0.3) is 0 Å². The van der Waals surface area contributed by atoms with Crippen LogP contribution in [0.15, 0.2) is 41.0 Å². The van der Waals surface area contributed by atoms with Gasteiger partial charge in [0.1, 0.15) is 12.4 Å². The van der Waals surface area contributed by atoms with Gasteiger partial charge in [-0.05, 0) is 36.6 Å². The van der Waals surface area contributed by atoms with Crippen molar-refractivity contribution in [3.05, 3.63) is 46.6 Å². The highest BCUT2D eigenvalue weighted by atomic mass is 79.9. The summed E-state index contributed by atoms with van der Waals surface area (Å²) in [6.45, 7) is 6.56. The highest BCUT2D eigenvalue weighted by Gasteiger charge is 2.37. The van der Waals surface area contributed by atoms with Gasteiger partial charge in [0.05, 0.1) is 12.1 Å². The van der Waals surface area contributed by atoms with Crippen molar-refractivity contribution in [3.8, 4) is 0 Å². The van der Waals surface area contributed by atoms with Gasteiger partial charge in [-0.3, -0.25) is 4.90 Å². The Morgan fingerprint density at radius 1 is 1.32 bits per heavy atom. The molecule has 1 saturated heterocycles. The first kappa shape index (κ1) is 17.7. The van der Waals surface area contributed by atoms with Crippen molar-refractivity contribution in [1.82, 2.24) is 9.97 Å². The molecule has 0 aliphatic carbocycles. The quantitative estimate of drug-likeness (QED) is 0.799. The minimum atomic E-state index is -0.358. The van der Waals surface area contributed by atoms with E-state index in [1.54, 1.807) is 17.2 Å². The molecule has 1 fully saturated rings. The molecule has 132 valence electrons. The Bertz CT molecular complexity index is 768. The van der Waals surface area contributed by atoms with Crippen LogP contribution in [0.1, 0.15) is 32.4 Å². The topological polar surface area (TPSA) is 67.3 Å². The molecule has 2 aromatic rings. The lowest BCUT2D eigenvalue weighted by molar-refractivity contribution is 0.177. The summed E-state index contributed by atoms with van der Waals surface area (Å²) in [4.78, 5) is 22.5. The third-order valence-corrected chi connectivity index (χ3v) is 4.75. The van der Waals surface area contributed by atoms with Gasteiger partial charge in [0.15, 0.2) is 0 Å². The number of ether oxygens (including phenoxy) is 1. The maximum Gasteiger partial charge on any atom is 0.415 e. The molecule has 0 unspecified atom stereocenters. The molecule has 1 aromatic heterocycles. The molecule has 0 radical (unpaired) electrons. The van der Waals surface area contributed by atoms with Crippen LogP contribution in [-0.2, 0) is 4.74 Å². The Morgan fingerprint density at radius 3 is 2.84 bits per heavy atom. The number of carbonyl (C=O) groups is 1. The van der Waals surface area contributed by atoms with Crippen LogP contribution in [0.4, 0.5) is 16.6 Å². The Balaban J connectivity index is 1.81. The molecule has 1 amide bonds. The Hall–Kier alpha value is -2.15. The largest absolute Gasteiger partial charge is 0.447 e. The molecule has 2 heterocycles. The maximum atomic E-state index is 12.1. The van der Waals surface area contributed by atoms with Crippen molar-refractivity contribution >= 4 is 33.8 Å². The van der Waals surface area contributed by atoms with E-state index in [0.29, 0.717) is 18.4 Å². The Labute approximate surface area is 155 Å². The molecular weight excluding hydrogens is 384 g/mol. The molecule has 0 saturated carbocycles. The molecule has 25 heavy (non-hydrogen) atoms. The molecule has 1 aromatic carbocycles. The fraction of sp³-hybridized carbons (Fsp3) is 0.389. The zero-order valence-electron chi connectivity index (χ0n) is 14.4. The van der Waals surface area contributed by atoms with Crippen LogP contribution in [0, 0.1) is 5.92 Å². The molecule has 6 nitrogen and oxygen atoms in total. The number of hydrogen-bond acceptors (Lipinski definition) is 5. The summed E-state index contributed by atoms with van der Waals surface area (Å²) in [5, 5.41) is 3.29. The van der Waals surface area contributed by atoms with E-state index in [1.165, 1.54) is 0 Å². The lowest BCUT2D eigenvalue weighted by atomic mass is 10.0. The number of amides is 1. The van der Waals surface area contributed by atoms with Gasteiger partial charge >= 0.3 is 6.09 Å². The van der Waals surface area contributed by atoms with Gasteiger partial charge in [0.25, 0.3) is 0 Å². The van der Waals surface area contributed by atoms with Crippen molar-refractivity contribution in [2.75, 3.05) is 16.8 Å². The summed E-state index contributed by atoms with van der Waals surface area (Å²) in [7, 11) is 0. The number of hydrogen-bond donors (Lipinski definition) is 1. The smallest absolute Gasteiger partial charge is 0.415 e. The van der Waals surface area contributed by atoms with Crippen molar-refractivity contribution in [2.24, 2.45) is 5.92 Å². The summed E-state index contributed by atoms with van der Waals surface area (Å²) in [5.41, 5.74) is 1.11. The van der Waals surface area contributed by atoms with Crippen LogP contribution in [0.5, 0.6) is 0 Å². The minimum absolute atomic E-state index is 0.0160. The summed E-state index contributed by atoms with van der Waals surface area (Å²) < 4.78 is 6.22. The van der Waals surface area contributed by atoms with Crippen molar-refractivity contribution in [3.63, 3.8) is 0 Å². The zero-order valence-corrected chi connectivity index (χ0v) is 16.0. The second-order valence-electron chi connectivity index (χ2n) is 6.42. The van der Waals surface area contributed by atoms with Gasteiger partial charge < -0.3 is 10.1 Å². The fourth-order valence-corrected chi connectivity index (χ4v) is 3.21. The standard InChI is InChI=1S/C18H21BrN4O2/c1-11(2)15-10-25-18(24)23(15)16-7-8-20-17(22-16)21-12(3)13-5-4-6-14(19)9-13/h4-9,11-12,15H,10H2,1-3H3,(H,20,21,22)/t12-,15-/m1/s1. The number of nitrogens with one attached hydrogen (secondary N) is 1. The second-order valence-corrected chi connectivity index (χ2v) is 7.33. The van der Waals surface area contributed by atoms with Gasteiger partial charge in [-0.1, -0.05) is 41.9 Å². The maximum absolute atomic E-state index is 12.1. The van der Waals surface area contributed by atoms with Crippen LogP contribution in [0.3, 0.4) is 0 Å². The number of nitrogens with zero attached hydrogens (tertiary/aromatic N) is 3. The number of benzene rings is 1. The van der Waals surface area contributed by atoms with Crippen LogP contribution in [-0.4, -0.2) is 28.7 Å².